The topological polar surface area (TPSA) is 70.5 Å². The van der Waals surface area contributed by atoms with Crippen molar-refractivity contribution in [3.63, 3.8) is 0 Å². The number of halogens is 1. The number of benzene rings is 1. The Labute approximate surface area is 119 Å². The van der Waals surface area contributed by atoms with Crippen LogP contribution in [0.15, 0.2) is 21.3 Å². The van der Waals surface area contributed by atoms with Gasteiger partial charge in [-0.2, -0.15) is 0 Å². The van der Waals surface area contributed by atoms with E-state index in [0.29, 0.717) is 11.5 Å². The summed E-state index contributed by atoms with van der Waals surface area (Å²) in [6.45, 7) is 2.04. The average Bonchev–Trinajstić information content (AvgIpc) is 2.83. The van der Waals surface area contributed by atoms with Gasteiger partial charge in [-0.15, -0.1) is 0 Å². The number of nitrogens with zero attached hydrogens (tertiary/aromatic N) is 1. The molecule has 0 fully saturated rings. The molecule has 2 rings (SSSR count). The molecular weight excluding hydrogens is 312 g/mol. The highest BCUT2D eigenvalue weighted by atomic mass is 79.9. The maximum Gasteiger partial charge on any atom is 0.229 e. The van der Waals surface area contributed by atoms with Crippen molar-refractivity contribution < 1.29 is 14.0 Å². The maximum absolute atomic E-state index is 5.79. The molecule has 0 radical (unpaired) electrons. The molecule has 0 saturated heterocycles. The largest absolute Gasteiger partial charge is 0.493 e. The van der Waals surface area contributed by atoms with Crippen LogP contribution >= 0.6 is 15.9 Å². The summed E-state index contributed by atoms with van der Waals surface area (Å²) in [5, 5.41) is 3.71. The maximum atomic E-state index is 5.79. The molecule has 0 amide bonds. The third kappa shape index (κ3) is 2.28. The Morgan fingerprint density at radius 2 is 1.95 bits per heavy atom. The molecule has 102 valence electrons. The predicted octanol–water partition coefficient (Wildman–Crippen LogP) is 3.27. The zero-order valence-corrected chi connectivity index (χ0v) is 12.6. The van der Waals surface area contributed by atoms with Crippen LogP contribution in [-0.2, 0) is 6.42 Å². The van der Waals surface area contributed by atoms with Crippen molar-refractivity contribution in [2.24, 2.45) is 0 Å². The minimum atomic E-state index is 0.286. The van der Waals surface area contributed by atoms with Crippen LogP contribution in [0.25, 0.3) is 11.1 Å². The smallest absolute Gasteiger partial charge is 0.229 e. The van der Waals surface area contributed by atoms with Crippen LogP contribution in [0.1, 0.15) is 12.5 Å². The molecule has 1 aromatic heterocycles. The van der Waals surface area contributed by atoms with E-state index in [1.54, 1.807) is 20.4 Å². The highest BCUT2D eigenvalue weighted by Gasteiger charge is 2.21. The van der Waals surface area contributed by atoms with E-state index in [1.807, 2.05) is 13.0 Å². The molecule has 0 aliphatic rings. The van der Waals surface area contributed by atoms with Crippen LogP contribution in [0.2, 0.25) is 0 Å². The predicted molar refractivity (Wildman–Crippen MR) is 76.5 cm³/mol. The second kappa shape index (κ2) is 5.52. The Morgan fingerprint density at radius 3 is 2.42 bits per heavy atom. The van der Waals surface area contributed by atoms with Gasteiger partial charge in [0.1, 0.15) is 0 Å². The Morgan fingerprint density at radius 1 is 1.26 bits per heavy atom. The van der Waals surface area contributed by atoms with Crippen molar-refractivity contribution in [3.05, 3.63) is 22.3 Å². The minimum absolute atomic E-state index is 0.286. The molecular formula is C13H15BrN2O3. The summed E-state index contributed by atoms with van der Waals surface area (Å²) >= 11 is 3.48. The standard InChI is InChI=1S/C13H15BrN2O3/c1-4-7-8(9-6-16-19-13(9)15)5-10(14)12(18-3)11(7)17-2/h5-6H,4,15H2,1-3H3. The van der Waals surface area contributed by atoms with Gasteiger partial charge in [-0.3, -0.25) is 0 Å². The van der Waals surface area contributed by atoms with Crippen LogP contribution in [0.4, 0.5) is 5.88 Å². The monoisotopic (exact) mass is 326 g/mol. The van der Waals surface area contributed by atoms with Gasteiger partial charge in [0, 0.05) is 5.56 Å². The molecule has 0 unspecified atom stereocenters. The Balaban J connectivity index is 2.75. The summed E-state index contributed by atoms with van der Waals surface area (Å²) in [6, 6.07) is 1.93. The second-order valence-corrected chi connectivity index (χ2v) is 4.76. The molecule has 5 nitrogen and oxygen atoms in total. The van der Waals surface area contributed by atoms with Gasteiger partial charge in [-0.05, 0) is 34.0 Å². The van der Waals surface area contributed by atoms with Gasteiger partial charge in [0.15, 0.2) is 11.5 Å². The number of aromatic nitrogens is 1. The fourth-order valence-corrected chi connectivity index (χ4v) is 2.67. The van der Waals surface area contributed by atoms with Gasteiger partial charge in [0.25, 0.3) is 0 Å². The third-order valence-corrected chi connectivity index (χ3v) is 3.53. The van der Waals surface area contributed by atoms with E-state index in [9.17, 15) is 0 Å². The quantitative estimate of drug-likeness (QED) is 0.933. The molecule has 19 heavy (non-hydrogen) atoms. The number of nitrogens with two attached hydrogens (primary N) is 1. The summed E-state index contributed by atoms with van der Waals surface area (Å²) in [4.78, 5) is 0. The number of nitrogen functional groups attached to an aromatic ring is 1. The molecule has 0 saturated carbocycles. The molecule has 2 aromatic rings. The first-order chi connectivity index (χ1) is 9.13. The average molecular weight is 327 g/mol. The summed E-state index contributed by atoms with van der Waals surface area (Å²) < 4.78 is 16.6. The van der Waals surface area contributed by atoms with E-state index >= 15 is 0 Å². The van der Waals surface area contributed by atoms with E-state index in [2.05, 4.69) is 21.1 Å². The van der Waals surface area contributed by atoms with Gasteiger partial charge in [0.2, 0.25) is 5.88 Å². The summed E-state index contributed by atoms with van der Waals surface area (Å²) in [5.74, 6) is 1.64. The molecule has 2 N–H and O–H groups in total. The Bertz CT molecular complexity index is 596. The van der Waals surface area contributed by atoms with Crippen LogP contribution in [0, 0.1) is 0 Å². The number of rotatable bonds is 4. The number of hydrogen-bond donors (Lipinski definition) is 1. The van der Waals surface area contributed by atoms with E-state index in [4.69, 9.17) is 19.7 Å². The molecule has 1 aromatic carbocycles. The number of methoxy groups -OCH3 is 2. The number of anilines is 1. The second-order valence-electron chi connectivity index (χ2n) is 3.91. The zero-order valence-electron chi connectivity index (χ0n) is 11.0. The normalized spacial score (nSPS) is 10.5. The first-order valence-corrected chi connectivity index (χ1v) is 6.57. The number of ether oxygens (including phenoxy) is 2. The van der Waals surface area contributed by atoms with E-state index in [-0.39, 0.29) is 5.88 Å². The van der Waals surface area contributed by atoms with Crippen molar-refractivity contribution in [2.75, 3.05) is 20.0 Å². The Kier molecular flexibility index (Phi) is 3.99. The van der Waals surface area contributed by atoms with Gasteiger partial charge < -0.3 is 19.7 Å². The lowest BCUT2D eigenvalue weighted by molar-refractivity contribution is 0.350. The first kappa shape index (κ1) is 13.7. The molecule has 0 spiro atoms. The Hall–Kier alpha value is -1.69. The molecule has 1 heterocycles. The fraction of sp³-hybridized carbons (Fsp3) is 0.308. The van der Waals surface area contributed by atoms with Crippen molar-refractivity contribution >= 4 is 21.8 Å². The van der Waals surface area contributed by atoms with Gasteiger partial charge >= 0.3 is 0 Å². The van der Waals surface area contributed by atoms with Crippen molar-refractivity contribution in [1.82, 2.24) is 5.16 Å². The zero-order chi connectivity index (χ0) is 14.0. The van der Waals surface area contributed by atoms with E-state index < -0.39 is 0 Å². The lowest BCUT2D eigenvalue weighted by atomic mass is 9.98. The highest BCUT2D eigenvalue weighted by Crippen LogP contribution is 2.44. The molecule has 0 bridgehead atoms. The minimum Gasteiger partial charge on any atom is -0.493 e. The summed E-state index contributed by atoms with van der Waals surface area (Å²) in [6.07, 6.45) is 2.37. The van der Waals surface area contributed by atoms with Crippen molar-refractivity contribution in [3.8, 4) is 22.6 Å². The molecule has 0 atom stereocenters. The lowest BCUT2D eigenvalue weighted by Crippen LogP contribution is -1.99. The molecule has 0 aliphatic heterocycles. The SMILES string of the molecule is CCc1c(-c2cnoc2N)cc(Br)c(OC)c1OC. The van der Waals surface area contributed by atoms with E-state index in [1.165, 1.54) is 0 Å². The first-order valence-electron chi connectivity index (χ1n) is 5.77. The lowest BCUT2D eigenvalue weighted by Gasteiger charge is -2.17. The summed E-state index contributed by atoms with van der Waals surface area (Å²) in [5.41, 5.74) is 8.46. The van der Waals surface area contributed by atoms with Crippen molar-refractivity contribution in [1.29, 1.82) is 0 Å². The van der Waals surface area contributed by atoms with Crippen LogP contribution < -0.4 is 15.2 Å². The summed E-state index contributed by atoms with van der Waals surface area (Å²) in [7, 11) is 3.22. The third-order valence-electron chi connectivity index (χ3n) is 2.94. The van der Waals surface area contributed by atoms with Gasteiger partial charge in [0.05, 0.1) is 30.5 Å². The fourth-order valence-electron chi connectivity index (χ4n) is 2.10. The highest BCUT2D eigenvalue weighted by molar-refractivity contribution is 9.10. The van der Waals surface area contributed by atoms with Gasteiger partial charge in [-0.1, -0.05) is 12.1 Å². The number of hydrogen-bond acceptors (Lipinski definition) is 5. The van der Waals surface area contributed by atoms with Gasteiger partial charge in [-0.25, -0.2) is 0 Å². The van der Waals surface area contributed by atoms with Crippen LogP contribution in [0.3, 0.4) is 0 Å². The molecule has 6 heteroatoms. The molecule has 0 aliphatic carbocycles. The van der Waals surface area contributed by atoms with E-state index in [0.717, 1.165) is 27.6 Å². The van der Waals surface area contributed by atoms with Crippen LogP contribution in [-0.4, -0.2) is 19.4 Å². The van der Waals surface area contributed by atoms with Crippen molar-refractivity contribution in [2.45, 2.75) is 13.3 Å². The van der Waals surface area contributed by atoms with Crippen LogP contribution in [0.5, 0.6) is 11.5 Å².